The van der Waals surface area contributed by atoms with Gasteiger partial charge in [-0.3, -0.25) is 9.48 Å². The number of hydrogen-bond donors (Lipinski definition) is 1. The maximum atomic E-state index is 12.5. The molecule has 24 heavy (non-hydrogen) atoms. The largest absolute Gasteiger partial charge is 0.389 e. The monoisotopic (exact) mass is 335 g/mol. The Morgan fingerprint density at radius 1 is 1.46 bits per heavy atom. The Morgan fingerprint density at radius 2 is 2.21 bits per heavy atom. The van der Waals surface area contributed by atoms with E-state index in [2.05, 4.69) is 12.0 Å². The quantitative estimate of drug-likeness (QED) is 0.908. The van der Waals surface area contributed by atoms with Crippen LogP contribution in [0.1, 0.15) is 38.3 Å². The van der Waals surface area contributed by atoms with Gasteiger partial charge >= 0.3 is 0 Å². The van der Waals surface area contributed by atoms with E-state index in [1.165, 1.54) is 0 Å². The molecule has 0 aromatic carbocycles. The van der Waals surface area contributed by atoms with Crippen LogP contribution in [0.3, 0.4) is 0 Å². The summed E-state index contributed by atoms with van der Waals surface area (Å²) in [5.41, 5.74) is 0.315. The molecule has 6 heteroatoms. The number of nitrogens with zero attached hydrogens (tertiary/aromatic N) is 3. The van der Waals surface area contributed by atoms with Crippen LogP contribution in [-0.2, 0) is 16.1 Å². The molecule has 6 nitrogen and oxygen atoms in total. The van der Waals surface area contributed by atoms with Crippen molar-refractivity contribution in [1.29, 1.82) is 0 Å². The standard InChI is InChI=1S/C18H29N3O3/c1-14-13-20(17(22)4-9-21-8-3-15(2)19-21)10-7-18(14,23)16-5-11-24-12-6-16/h3,8,14,16,23H,4-7,9-13H2,1-2H3/t14-,18+/m1/s1. The van der Waals surface area contributed by atoms with E-state index in [9.17, 15) is 9.90 Å². The molecule has 2 saturated heterocycles. The Balaban J connectivity index is 1.53. The Labute approximate surface area is 143 Å². The summed E-state index contributed by atoms with van der Waals surface area (Å²) in [5, 5.41) is 15.5. The number of rotatable bonds is 4. The van der Waals surface area contributed by atoms with Gasteiger partial charge in [0.15, 0.2) is 0 Å². The van der Waals surface area contributed by atoms with Gasteiger partial charge in [-0.2, -0.15) is 5.10 Å². The van der Waals surface area contributed by atoms with E-state index in [0.717, 1.165) is 31.7 Å². The number of aryl methyl sites for hydroxylation is 2. The number of hydrogen-bond acceptors (Lipinski definition) is 4. The molecule has 1 amide bonds. The molecule has 0 aliphatic carbocycles. The first kappa shape index (κ1) is 17.4. The van der Waals surface area contributed by atoms with Crippen LogP contribution in [-0.4, -0.2) is 57.6 Å². The van der Waals surface area contributed by atoms with Crippen molar-refractivity contribution >= 4 is 5.91 Å². The summed E-state index contributed by atoms with van der Waals surface area (Å²) in [4.78, 5) is 14.4. The van der Waals surface area contributed by atoms with Crippen LogP contribution < -0.4 is 0 Å². The number of amides is 1. The van der Waals surface area contributed by atoms with Crippen molar-refractivity contribution in [3.8, 4) is 0 Å². The van der Waals surface area contributed by atoms with E-state index in [0.29, 0.717) is 38.4 Å². The average Bonchev–Trinajstić information content (AvgIpc) is 3.01. The third kappa shape index (κ3) is 3.64. The van der Waals surface area contributed by atoms with Crippen molar-refractivity contribution in [3.63, 3.8) is 0 Å². The van der Waals surface area contributed by atoms with Crippen LogP contribution in [0.4, 0.5) is 0 Å². The molecule has 3 heterocycles. The molecule has 0 saturated carbocycles. The lowest BCUT2D eigenvalue weighted by Gasteiger charge is -2.48. The van der Waals surface area contributed by atoms with Crippen molar-refractivity contribution < 1.29 is 14.6 Å². The highest BCUT2D eigenvalue weighted by atomic mass is 16.5. The van der Waals surface area contributed by atoms with E-state index in [1.54, 1.807) is 0 Å². The van der Waals surface area contributed by atoms with E-state index in [1.807, 2.05) is 28.8 Å². The number of carbonyl (C=O) groups is 1. The minimum atomic E-state index is -0.653. The molecule has 1 N–H and O–H groups in total. The fraction of sp³-hybridized carbons (Fsp3) is 0.778. The van der Waals surface area contributed by atoms with Gasteiger partial charge < -0.3 is 14.7 Å². The molecule has 0 unspecified atom stereocenters. The highest BCUT2D eigenvalue weighted by Gasteiger charge is 2.45. The minimum absolute atomic E-state index is 0.102. The summed E-state index contributed by atoms with van der Waals surface area (Å²) in [7, 11) is 0. The summed E-state index contributed by atoms with van der Waals surface area (Å²) < 4.78 is 7.24. The second-order valence-electron chi connectivity index (χ2n) is 7.34. The smallest absolute Gasteiger partial charge is 0.224 e. The number of carbonyl (C=O) groups excluding carboxylic acids is 1. The second kappa shape index (κ2) is 7.23. The Kier molecular flexibility index (Phi) is 5.25. The maximum Gasteiger partial charge on any atom is 0.224 e. The average molecular weight is 335 g/mol. The Bertz CT molecular complexity index is 568. The van der Waals surface area contributed by atoms with Crippen LogP contribution in [0, 0.1) is 18.8 Å². The van der Waals surface area contributed by atoms with E-state index in [-0.39, 0.29) is 11.8 Å². The summed E-state index contributed by atoms with van der Waals surface area (Å²) in [5.74, 6) is 0.555. The molecule has 1 aromatic heterocycles. The SMILES string of the molecule is Cc1ccn(CCC(=O)N2CC[C@@](O)(C3CCOCC3)[C@H](C)C2)n1. The molecule has 0 spiro atoms. The lowest BCUT2D eigenvalue weighted by Crippen LogP contribution is -2.56. The number of ether oxygens (including phenoxy) is 1. The molecule has 134 valence electrons. The third-order valence-electron chi connectivity index (χ3n) is 5.74. The van der Waals surface area contributed by atoms with Crippen molar-refractivity contribution in [2.75, 3.05) is 26.3 Å². The van der Waals surface area contributed by atoms with Crippen LogP contribution >= 0.6 is 0 Å². The predicted octanol–water partition coefficient (Wildman–Crippen LogP) is 1.61. The minimum Gasteiger partial charge on any atom is -0.389 e. The zero-order valence-electron chi connectivity index (χ0n) is 14.8. The van der Waals surface area contributed by atoms with Crippen molar-refractivity contribution in [3.05, 3.63) is 18.0 Å². The zero-order chi connectivity index (χ0) is 17.2. The van der Waals surface area contributed by atoms with Crippen molar-refractivity contribution in [2.24, 2.45) is 11.8 Å². The molecule has 2 aliphatic rings. The Morgan fingerprint density at radius 3 is 2.83 bits per heavy atom. The second-order valence-corrected chi connectivity index (χ2v) is 7.34. The third-order valence-corrected chi connectivity index (χ3v) is 5.74. The van der Waals surface area contributed by atoms with Gasteiger partial charge in [-0.05, 0) is 38.2 Å². The van der Waals surface area contributed by atoms with Gasteiger partial charge in [0.25, 0.3) is 0 Å². The molecule has 2 aliphatic heterocycles. The highest BCUT2D eigenvalue weighted by Crippen LogP contribution is 2.39. The van der Waals surface area contributed by atoms with E-state index in [4.69, 9.17) is 4.74 Å². The molecular formula is C18H29N3O3. The molecule has 0 radical (unpaired) electrons. The summed E-state index contributed by atoms with van der Waals surface area (Å²) in [6.45, 7) is 7.41. The van der Waals surface area contributed by atoms with Crippen LogP contribution in [0.15, 0.2) is 12.3 Å². The first-order valence-electron chi connectivity index (χ1n) is 9.07. The number of likely N-dealkylation sites (tertiary alicyclic amines) is 1. The molecule has 1 aromatic rings. The Hall–Kier alpha value is -1.40. The molecule has 3 rings (SSSR count). The van der Waals surface area contributed by atoms with Crippen LogP contribution in [0.25, 0.3) is 0 Å². The van der Waals surface area contributed by atoms with Gasteiger partial charge in [0.1, 0.15) is 0 Å². The predicted molar refractivity (Wildman–Crippen MR) is 90.4 cm³/mol. The normalized spacial score (nSPS) is 29.0. The van der Waals surface area contributed by atoms with Crippen LogP contribution in [0.2, 0.25) is 0 Å². The van der Waals surface area contributed by atoms with Gasteiger partial charge in [-0.1, -0.05) is 6.92 Å². The molecule has 2 atom stereocenters. The topological polar surface area (TPSA) is 67.6 Å². The number of aromatic nitrogens is 2. The first-order valence-corrected chi connectivity index (χ1v) is 9.07. The summed E-state index contributed by atoms with van der Waals surface area (Å²) in [6, 6.07) is 1.95. The number of aliphatic hydroxyl groups is 1. The highest BCUT2D eigenvalue weighted by molar-refractivity contribution is 5.76. The van der Waals surface area contributed by atoms with Gasteiger partial charge in [0.05, 0.1) is 11.3 Å². The molecular weight excluding hydrogens is 306 g/mol. The fourth-order valence-electron chi connectivity index (χ4n) is 4.13. The van der Waals surface area contributed by atoms with Gasteiger partial charge in [0.2, 0.25) is 5.91 Å². The lowest BCUT2D eigenvalue weighted by atomic mass is 9.70. The molecule has 2 fully saturated rings. The van der Waals surface area contributed by atoms with Gasteiger partial charge in [-0.25, -0.2) is 0 Å². The fourth-order valence-corrected chi connectivity index (χ4v) is 4.13. The number of piperidine rings is 1. The summed E-state index contributed by atoms with van der Waals surface area (Å²) >= 11 is 0. The maximum absolute atomic E-state index is 12.5. The zero-order valence-corrected chi connectivity index (χ0v) is 14.8. The van der Waals surface area contributed by atoms with Crippen molar-refractivity contribution in [2.45, 2.75) is 51.7 Å². The van der Waals surface area contributed by atoms with E-state index >= 15 is 0 Å². The van der Waals surface area contributed by atoms with Crippen molar-refractivity contribution in [1.82, 2.24) is 14.7 Å². The van der Waals surface area contributed by atoms with Gasteiger partial charge in [-0.15, -0.1) is 0 Å². The van der Waals surface area contributed by atoms with Gasteiger partial charge in [0, 0.05) is 51.4 Å². The van der Waals surface area contributed by atoms with Crippen LogP contribution in [0.5, 0.6) is 0 Å². The molecule has 0 bridgehead atoms. The first-order chi connectivity index (χ1) is 11.5. The van der Waals surface area contributed by atoms with E-state index < -0.39 is 5.60 Å². The summed E-state index contributed by atoms with van der Waals surface area (Å²) in [6.07, 6.45) is 4.89. The lowest BCUT2D eigenvalue weighted by molar-refractivity contribution is -0.151.